The van der Waals surface area contributed by atoms with Gasteiger partial charge in [0.15, 0.2) is 0 Å². The first-order valence-electron chi connectivity index (χ1n) is 7.24. The molecule has 0 aliphatic rings. The molecule has 0 aliphatic carbocycles. The minimum Gasteiger partial charge on any atom is -0.481 e. The van der Waals surface area contributed by atoms with E-state index in [1.165, 1.54) is 11.1 Å². The van der Waals surface area contributed by atoms with Crippen LogP contribution in [0, 0.1) is 27.7 Å². The molecule has 0 atom stereocenters. The van der Waals surface area contributed by atoms with E-state index in [-0.39, 0.29) is 12.3 Å². The number of hydrogen-bond donors (Lipinski definition) is 1. The van der Waals surface area contributed by atoms with Gasteiger partial charge in [0.25, 0.3) is 0 Å². The van der Waals surface area contributed by atoms with Gasteiger partial charge in [0.1, 0.15) is 0 Å². The summed E-state index contributed by atoms with van der Waals surface area (Å²) in [6.45, 7) is 8.22. The first kappa shape index (κ1) is 15.3. The van der Waals surface area contributed by atoms with E-state index in [0.29, 0.717) is 0 Å². The van der Waals surface area contributed by atoms with Crippen LogP contribution in [-0.4, -0.2) is 11.1 Å². The van der Waals surface area contributed by atoms with Gasteiger partial charge >= 0.3 is 5.97 Å². The van der Waals surface area contributed by atoms with Crippen LogP contribution in [0.4, 0.5) is 0 Å². The van der Waals surface area contributed by atoms with E-state index in [9.17, 15) is 9.90 Å². The van der Waals surface area contributed by atoms with Crippen LogP contribution in [0.25, 0.3) is 0 Å². The van der Waals surface area contributed by atoms with Gasteiger partial charge in [0, 0.05) is 5.92 Å². The van der Waals surface area contributed by atoms with E-state index in [1.807, 2.05) is 0 Å². The van der Waals surface area contributed by atoms with Crippen molar-refractivity contribution in [3.05, 3.63) is 69.8 Å². The molecule has 0 bridgehead atoms. The Bertz CT molecular complexity index is 620. The molecule has 2 heteroatoms. The minimum atomic E-state index is -0.764. The van der Waals surface area contributed by atoms with Crippen LogP contribution in [0.15, 0.2) is 36.4 Å². The van der Waals surface area contributed by atoms with Crippen molar-refractivity contribution in [3.63, 3.8) is 0 Å². The van der Waals surface area contributed by atoms with Crippen LogP contribution in [0.5, 0.6) is 0 Å². The van der Waals surface area contributed by atoms with E-state index < -0.39 is 5.97 Å². The van der Waals surface area contributed by atoms with E-state index in [2.05, 4.69) is 64.1 Å². The van der Waals surface area contributed by atoms with Gasteiger partial charge in [-0.15, -0.1) is 0 Å². The van der Waals surface area contributed by atoms with Gasteiger partial charge in [0.05, 0.1) is 6.42 Å². The summed E-state index contributed by atoms with van der Waals surface area (Å²) in [5, 5.41) is 9.30. The molecule has 110 valence electrons. The van der Waals surface area contributed by atoms with Crippen LogP contribution < -0.4 is 0 Å². The molecule has 0 saturated carbocycles. The van der Waals surface area contributed by atoms with E-state index in [1.54, 1.807) is 0 Å². The fourth-order valence-electron chi connectivity index (χ4n) is 3.00. The molecule has 0 fully saturated rings. The molecule has 2 aromatic rings. The number of carbonyl (C=O) groups is 1. The van der Waals surface area contributed by atoms with Crippen molar-refractivity contribution >= 4 is 5.97 Å². The summed E-state index contributed by atoms with van der Waals surface area (Å²) in [6, 6.07) is 12.5. The Balaban J connectivity index is 2.54. The average molecular weight is 282 g/mol. The molecule has 2 nitrogen and oxygen atoms in total. The smallest absolute Gasteiger partial charge is 0.304 e. The third-order valence-corrected chi connectivity index (χ3v) is 3.98. The molecule has 21 heavy (non-hydrogen) atoms. The Kier molecular flexibility index (Phi) is 4.46. The van der Waals surface area contributed by atoms with Crippen LogP contribution in [-0.2, 0) is 4.79 Å². The van der Waals surface area contributed by atoms with E-state index >= 15 is 0 Å². The Morgan fingerprint density at radius 3 is 1.67 bits per heavy atom. The van der Waals surface area contributed by atoms with Crippen molar-refractivity contribution in [2.75, 3.05) is 0 Å². The Hall–Kier alpha value is -2.09. The highest BCUT2D eigenvalue weighted by Crippen LogP contribution is 2.33. The fraction of sp³-hybridized carbons (Fsp3) is 0.316. The highest BCUT2D eigenvalue weighted by molar-refractivity contribution is 5.69. The second-order valence-corrected chi connectivity index (χ2v) is 5.87. The maximum absolute atomic E-state index is 11.3. The number of aliphatic carboxylic acids is 1. The summed E-state index contributed by atoms with van der Waals surface area (Å²) >= 11 is 0. The average Bonchev–Trinajstić information content (AvgIpc) is 2.36. The van der Waals surface area contributed by atoms with Crippen molar-refractivity contribution < 1.29 is 9.90 Å². The Morgan fingerprint density at radius 2 is 1.33 bits per heavy atom. The predicted octanol–water partition coefficient (Wildman–Crippen LogP) is 4.53. The summed E-state index contributed by atoms with van der Waals surface area (Å²) in [5.74, 6) is -0.858. The van der Waals surface area contributed by atoms with Crippen molar-refractivity contribution in [3.8, 4) is 0 Å². The monoisotopic (exact) mass is 282 g/mol. The van der Waals surface area contributed by atoms with Crippen molar-refractivity contribution in [1.82, 2.24) is 0 Å². The van der Waals surface area contributed by atoms with Gasteiger partial charge in [-0.3, -0.25) is 4.79 Å². The van der Waals surface area contributed by atoms with E-state index in [0.717, 1.165) is 22.3 Å². The zero-order valence-corrected chi connectivity index (χ0v) is 13.1. The maximum Gasteiger partial charge on any atom is 0.304 e. The Morgan fingerprint density at radius 1 is 0.905 bits per heavy atom. The second-order valence-electron chi connectivity index (χ2n) is 5.87. The van der Waals surface area contributed by atoms with Crippen LogP contribution in [0.3, 0.4) is 0 Å². The van der Waals surface area contributed by atoms with Crippen molar-refractivity contribution in [2.45, 2.75) is 40.0 Å². The number of benzene rings is 2. The zero-order valence-electron chi connectivity index (χ0n) is 13.1. The largest absolute Gasteiger partial charge is 0.481 e. The molecule has 1 N–H and O–H groups in total. The lowest BCUT2D eigenvalue weighted by Gasteiger charge is -2.21. The third kappa shape index (κ3) is 3.52. The molecule has 0 aromatic heterocycles. The highest BCUT2D eigenvalue weighted by atomic mass is 16.4. The Labute approximate surface area is 126 Å². The molecule has 0 amide bonds. The molecule has 0 radical (unpaired) electrons. The summed E-state index contributed by atoms with van der Waals surface area (Å²) in [6.07, 6.45) is 0.119. The summed E-state index contributed by atoms with van der Waals surface area (Å²) in [5.41, 5.74) is 6.92. The summed E-state index contributed by atoms with van der Waals surface area (Å²) in [4.78, 5) is 11.3. The number of hydrogen-bond acceptors (Lipinski definition) is 1. The third-order valence-electron chi connectivity index (χ3n) is 3.98. The van der Waals surface area contributed by atoms with Crippen molar-refractivity contribution in [2.24, 2.45) is 0 Å². The topological polar surface area (TPSA) is 37.3 Å². The summed E-state index contributed by atoms with van der Waals surface area (Å²) in [7, 11) is 0. The SMILES string of the molecule is Cc1ccc(C(CC(=O)O)c2ccc(C)cc2C)c(C)c1. The van der Waals surface area contributed by atoms with Gasteiger partial charge in [-0.25, -0.2) is 0 Å². The van der Waals surface area contributed by atoms with Crippen molar-refractivity contribution in [1.29, 1.82) is 0 Å². The minimum absolute atomic E-state index is 0.0938. The number of rotatable bonds is 4. The molecule has 0 saturated heterocycles. The van der Waals surface area contributed by atoms with Crippen LogP contribution >= 0.6 is 0 Å². The second kappa shape index (κ2) is 6.13. The molecule has 2 rings (SSSR count). The quantitative estimate of drug-likeness (QED) is 0.894. The maximum atomic E-state index is 11.3. The molecule has 0 aliphatic heterocycles. The fourth-order valence-corrected chi connectivity index (χ4v) is 3.00. The molecular formula is C19H22O2. The zero-order chi connectivity index (χ0) is 15.6. The van der Waals surface area contributed by atoms with Gasteiger partial charge in [-0.2, -0.15) is 0 Å². The lowest BCUT2D eigenvalue weighted by Crippen LogP contribution is -2.11. The molecular weight excluding hydrogens is 260 g/mol. The standard InChI is InChI=1S/C19H22O2/c1-12-5-7-16(14(3)9-12)18(11-19(20)21)17-8-6-13(2)10-15(17)4/h5-10,18H,11H2,1-4H3,(H,20,21). The van der Waals surface area contributed by atoms with Crippen LogP contribution in [0.2, 0.25) is 0 Å². The van der Waals surface area contributed by atoms with Gasteiger partial charge in [-0.05, 0) is 49.9 Å². The number of carboxylic acid groups (broad SMARTS) is 1. The predicted molar refractivity (Wildman–Crippen MR) is 85.9 cm³/mol. The summed E-state index contributed by atoms with van der Waals surface area (Å²) < 4.78 is 0. The molecule has 0 heterocycles. The highest BCUT2D eigenvalue weighted by Gasteiger charge is 2.21. The van der Waals surface area contributed by atoms with Crippen LogP contribution in [0.1, 0.15) is 45.7 Å². The van der Waals surface area contributed by atoms with Gasteiger partial charge < -0.3 is 5.11 Å². The number of carboxylic acids is 1. The van der Waals surface area contributed by atoms with Gasteiger partial charge in [0.2, 0.25) is 0 Å². The molecule has 0 spiro atoms. The normalized spacial score (nSPS) is 10.9. The lowest BCUT2D eigenvalue weighted by molar-refractivity contribution is -0.137. The first-order valence-corrected chi connectivity index (χ1v) is 7.24. The number of aryl methyl sites for hydroxylation is 4. The van der Waals surface area contributed by atoms with Gasteiger partial charge in [-0.1, -0.05) is 47.5 Å². The molecule has 0 unspecified atom stereocenters. The lowest BCUT2D eigenvalue weighted by atomic mass is 9.83. The van der Waals surface area contributed by atoms with E-state index in [4.69, 9.17) is 0 Å². The molecule has 2 aromatic carbocycles. The first-order chi connectivity index (χ1) is 9.88.